The van der Waals surface area contributed by atoms with Gasteiger partial charge in [0.2, 0.25) is 0 Å². The normalized spacial score (nSPS) is 22.5. The van der Waals surface area contributed by atoms with E-state index in [0.717, 1.165) is 28.0 Å². The molecule has 23 heavy (non-hydrogen) atoms. The Morgan fingerprint density at radius 2 is 2.43 bits per heavy atom. The summed E-state index contributed by atoms with van der Waals surface area (Å²) < 4.78 is 6.59. The van der Waals surface area contributed by atoms with Crippen LogP contribution in [0.25, 0.3) is 10.2 Å². The van der Waals surface area contributed by atoms with E-state index >= 15 is 0 Å². The molecule has 2 aromatic rings. The van der Waals surface area contributed by atoms with Crippen molar-refractivity contribution in [3.05, 3.63) is 17.7 Å². The molecule has 3 heterocycles. The van der Waals surface area contributed by atoms with Gasteiger partial charge in [-0.05, 0) is 19.1 Å². The quantitative estimate of drug-likeness (QED) is 0.819. The van der Waals surface area contributed by atoms with Crippen molar-refractivity contribution in [1.82, 2.24) is 10.3 Å². The first kappa shape index (κ1) is 14.3. The van der Waals surface area contributed by atoms with Crippen molar-refractivity contribution in [2.24, 2.45) is 0 Å². The molecule has 1 fully saturated rings. The summed E-state index contributed by atoms with van der Waals surface area (Å²) in [5.74, 6) is 6.70. The fourth-order valence-corrected chi connectivity index (χ4v) is 4.07. The fourth-order valence-electron chi connectivity index (χ4n) is 3.04. The molecular formula is C16H15N3O3S. The van der Waals surface area contributed by atoms with Gasteiger partial charge < -0.3 is 15.2 Å². The maximum absolute atomic E-state index is 12.3. The van der Waals surface area contributed by atoms with Crippen molar-refractivity contribution in [3.8, 4) is 17.6 Å². The average Bonchev–Trinajstić information content (AvgIpc) is 3.22. The number of benzene rings is 1. The third kappa shape index (κ3) is 2.14. The lowest BCUT2D eigenvalue weighted by atomic mass is 10.1. The van der Waals surface area contributed by atoms with Gasteiger partial charge in [-0.2, -0.15) is 0 Å². The van der Waals surface area contributed by atoms with E-state index in [4.69, 9.17) is 4.74 Å². The minimum Gasteiger partial charge on any atom is -0.493 e. The van der Waals surface area contributed by atoms with Gasteiger partial charge in [0.25, 0.3) is 0 Å². The number of hydrogen-bond acceptors (Lipinski definition) is 5. The lowest BCUT2D eigenvalue weighted by molar-refractivity contribution is 0.238. The molecule has 0 spiro atoms. The largest absolute Gasteiger partial charge is 0.493 e. The molecule has 2 aliphatic rings. The topological polar surface area (TPSA) is 74.7 Å². The number of rotatable bonds is 2. The number of amides is 2. The summed E-state index contributed by atoms with van der Waals surface area (Å²) in [6, 6.07) is 2.83. The Labute approximate surface area is 137 Å². The average molecular weight is 329 g/mol. The van der Waals surface area contributed by atoms with Crippen LogP contribution in [0.3, 0.4) is 0 Å². The number of hydrogen-bond donors (Lipinski definition) is 2. The van der Waals surface area contributed by atoms with E-state index in [1.54, 1.807) is 11.8 Å². The SMILES string of the molecule is CC#C[C@H]1[C@H](CO)NC(=O)N1c1nc2c3c(ccc2s1)OCC3. The predicted molar refractivity (Wildman–Crippen MR) is 87.9 cm³/mol. The number of aliphatic hydroxyl groups excluding tert-OH is 1. The van der Waals surface area contributed by atoms with Crippen molar-refractivity contribution < 1.29 is 14.6 Å². The molecule has 1 aromatic carbocycles. The van der Waals surface area contributed by atoms with Gasteiger partial charge in [0.05, 0.1) is 29.5 Å². The first-order chi connectivity index (χ1) is 11.2. The number of fused-ring (bicyclic) bond motifs is 3. The van der Waals surface area contributed by atoms with Crippen molar-refractivity contribution in [3.63, 3.8) is 0 Å². The van der Waals surface area contributed by atoms with Gasteiger partial charge in [0.15, 0.2) is 5.13 Å². The van der Waals surface area contributed by atoms with Gasteiger partial charge in [0.1, 0.15) is 11.8 Å². The van der Waals surface area contributed by atoms with Gasteiger partial charge in [-0.15, -0.1) is 5.92 Å². The Bertz CT molecular complexity index is 851. The summed E-state index contributed by atoms with van der Waals surface area (Å²) in [7, 11) is 0. The third-order valence-corrected chi connectivity index (χ3v) is 5.12. The van der Waals surface area contributed by atoms with Crippen molar-refractivity contribution in [2.75, 3.05) is 18.1 Å². The maximum Gasteiger partial charge on any atom is 0.325 e. The Morgan fingerprint density at radius 1 is 1.57 bits per heavy atom. The molecule has 2 amide bonds. The number of aliphatic hydroxyl groups is 1. The molecule has 2 atom stereocenters. The second-order valence-corrected chi connectivity index (χ2v) is 6.44. The van der Waals surface area contributed by atoms with E-state index < -0.39 is 12.1 Å². The maximum atomic E-state index is 12.3. The molecule has 7 heteroatoms. The van der Waals surface area contributed by atoms with Crippen LogP contribution >= 0.6 is 11.3 Å². The second-order valence-electron chi connectivity index (χ2n) is 5.43. The minimum atomic E-state index is -0.414. The highest BCUT2D eigenvalue weighted by molar-refractivity contribution is 7.22. The van der Waals surface area contributed by atoms with E-state index in [1.165, 1.54) is 11.3 Å². The second kappa shape index (κ2) is 5.41. The lowest BCUT2D eigenvalue weighted by Gasteiger charge is -2.18. The van der Waals surface area contributed by atoms with Gasteiger partial charge in [-0.25, -0.2) is 9.78 Å². The van der Waals surface area contributed by atoms with Crippen molar-refractivity contribution in [1.29, 1.82) is 0 Å². The van der Waals surface area contributed by atoms with Crippen molar-refractivity contribution >= 4 is 32.7 Å². The number of anilines is 1. The fraction of sp³-hybridized carbons (Fsp3) is 0.375. The first-order valence-electron chi connectivity index (χ1n) is 7.41. The molecular weight excluding hydrogens is 314 g/mol. The smallest absolute Gasteiger partial charge is 0.325 e. The highest BCUT2D eigenvalue weighted by Crippen LogP contribution is 2.38. The minimum absolute atomic E-state index is 0.157. The Hall–Kier alpha value is -2.30. The van der Waals surface area contributed by atoms with Gasteiger partial charge >= 0.3 is 6.03 Å². The molecule has 4 rings (SSSR count). The Kier molecular flexibility index (Phi) is 3.36. The monoisotopic (exact) mass is 329 g/mol. The van der Waals surface area contributed by atoms with E-state index in [0.29, 0.717) is 11.7 Å². The third-order valence-electron chi connectivity index (χ3n) is 4.10. The summed E-state index contributed by atoms with van der Waals surface area (Å²) in [5, 5.41) is 12.8. The van der Waals surface area contributed by atoms with Crippen molar-refractivity contribution in [2.45, 2.75) is 25.4 Å². The predicted octanol–water partition coefficient (Wildman–Crippen LogP) is 1.51. The highest BCUT2D eigenvalue weighted by atomic mass is 32.1. The molecule has 0 saturated carbocycles. The highest BCUT2D eigenvalue weighted by Gasteiger charge is 2.40. The number of carbonyl (C=O) groups is 1. The van der Waals surface area contributed by atoms with Gasteiger partial charge in [0, 0.05) is 12.0 Å². The summed E-state index contributed by atoms with van der Waals surface area (Å²) in [4.78, 5) is 18.5. The zero-order chi connectivity index (χ0) is 16.0. The van der Waals surface area contributed by atoms with Crippen LogP contribution in [0, 0.1) is 11.8 Å². The van der Waals surface area contributed by atoms with Crippen LogP contribution < -0.4 is 15.0 Å². The lowest BCUT2D eigenvalue weighted by Crippen LogP contribution is -2.37. The molecule has 2 aliphatic heterocycles. The zero-order valence-corrected chi connectivity index (χ0v) is 13.3. The molecule has 0 aliphatic carbocycles. The van der Waals surface area contributed by atoms with Crippen LogP contribution in [0.15, 0.2) is 12.1 Å². The molecule has 0 radical (unpaired) electrons. The molecule has 0 unspecified atom stereocenters. The van der Waals surface area contributed by atoms with E-state index in [-0.39, 0.29) is 12.6 Å². The number of nitrogens with zero attached hydrogens (tertiary/aromatic N) is 2. The standard InChI is InChI=1S/C16H15N3O3S/c1-2-3-11-10(8-20)17-15(21)19(11)16-18-14-9-6-7-22-12(9)4-5-13(14)23-16/h4-5,10-11,20H,6-8H2,1H3,(H,17,21)/t10-,11-/m0/s1. The summed E-state index contributed by atoms with van der Waals surface area (Å²) in [5.41, 5.74) is 1.99. The van der Waals surface area contributed by atoms with Crippen LogP contribution in [0.2, 0.25) is 0 Å². The van der Waals surface area contributed by atoms with Crippen LogP contribution in [-0.4, -0.2) is 41.4 Å². The van der Waals surface area contributed by atoms with Crippen LogP contribution in [-0.2, 0) is 6.42 Å². The van der Waals surface area contributed by atoms with Crippen LogP contribution in [0.4, 0.5) is 9.93 Å². The first-order valence-corrected chi connectivity index (χ1v) is 8.22. The molecule has 1 aromatic heterocycles. The van der Waals surface area contributed by atoms with Crippen LogP contribution in [0.1, 0.15) is 12.5 Å². The zero-order valence-electron chi connectivity index (χ0n) is 12.5. The number of nitrogens with one attached hydrogen (secondary N) is 1. The molecule has 118 valence electrons. The van der Waals surface area contributed by atoms with E-state index in [2.05, 4.69) is 22.1 Å². The number of urea groups is 1. The molecule has 2 N–H and O–H groups in total. The van der Waals surface area contributed by atoms with E-state index in [9.17, 15) is 9.90 Å². The number of aromatic nitrogens is 1. The number of ether oxygens (including phenoxy) is 1. The van der Waals surface area contributed by atoms with E-state index in [1.807, 2.05) is 12.1 Å². The molecule has 6 nitrogen and oxygen atoms in total. The van der Waals surface area contributed by atoms with Gasteiger partial charge in [-0.1, -0.05) is 17.3 Å². The summed E-state index contributed by atoms with van der Waals surface area (Å²) >= 11 is 1.46. The molecule has 1 saturated heterocycles. The number of carbonyl (C=O) groups excluding carboxylic acids is 1. The summed E-state index contributed by atoms with van der Waals surface area (Å²) in [6.07, 6.45) is 0.833. The Balaban J connectivity index is 1.81. The summed E-state index contributed by atoms with van der Waals surface area (Å²) in [6.45, 7) is 2.23. The van der Waals surface area contributed by atoms with Gasteiger partial charge in [-0.3, -0.25) is 4.90 Å². The Morgan fingerprint density at radius 3 is 3.22 bits per heavy atom. The number of thiazole rings is 1. The molecule has 0 bridgehead atoms. The van der Waals surface area contributed by atoms with Crippen LogP contribution in [0.5, 0.6) is 5.75 Å².